The summed E-state index contributed by atoms with van der Waals surface area (Å²) in [4.78, 5) is 13.0. The third kappa shape index (κ3) is 3.66. The molecule has 0 saturated heterocycles. The summed E-state index contributed by atoms with van der Waals surface area (Å²) in [7, 11) is 3.51. The molecule has 2 aromatic rings. The van der Waals surface area contributed by atoms with E-state index in [0.717, 1.165) is 11.3 Å². The van der Waals surface area contributed by atoms with Gasteiger partial charge in [0.2, 0.25) is 5.91 Å². The first-order valence-electron chi connectivity index (χ1n) is 6.16. The molecule has 0 aliphatic rings. The Morgan fingerprint density at radius 2 is 2.05 bits per heavy atom. The van der Waals surface area contributed by atoms with Gasteiger partial charge in [0.25, 0.3) is 0 Å². The Kier molecular flexibility index (Phi) is 4.30. The summed E-state index contributed by atoms with van der Waals surface area (Å²) in [6, 6.07) is 9.98. The Morgan fingerprint density at radius 1 is 1.32 bits per heavy atom. The molecule has 2 rings (SSSR count). The molecule has 0 atom stereocenters. The lowest BCUT2D eigenvalue weighted by molar-refractivity contribution is -0.127. The van der Waals surface area contributed by atoms with Gasteiger partial charge < -0.3 is 10.2 Å². The molecule has 5 nitrogen and oxygen atoms in total. The molecule has 1 N–H and O–H groups in total. The molecule has 0 radical (unpaired) electrons. The largest absolute Gasteiger partial charge is 0.348 e. The third-order valence-electron chi connectivity index (χ3n) is 2.81. The van der Waals surface area contributed by atoms with Crippen LogP contribution in [-0.4, -0.2) is 41.2 Å². The van der Waals surface area contributed by atoms with E-state index in [2.05, 4.69) is 10.4 Å². The summed E-state index contributed by atoms with van der Waals surface area (Å²) >= 11 is 0. The summed E-state index contributed by atoms with van der Waals surface area (Å²) in [6.07, 6.45) is 3.66. The number of likely N-dealkylation sites (N-methyl/N-ethyl adjacent to an activating group) is 1. The smallest absolute Gasteiger partial charge is 0.236 e. The highest BCUT2D eigenvalue weighted by Crippen LogP contribution is 2.08. The molecule has 100 valence electrons. The zero-order valence-corrected chi connectivity index (χ0v) is 11.2. The minimum absolute atomic E-state index is 0.0770. The number of amides is 1. The third-order valence-corrected chi connectivity index (χ3v) is 2.81. The van der Waals surface area contributed by atoms with Crippen LogP contribution in [0.25, 0.3) is 5.69 Å². The average molecular weight is 258 g/mol. The maximum Gasteiger partial charge on any atom is 0.236 e. The van der Waals surface area contributed by atoms with Crippen LogP contribution >= 0.6 is 0 Å². The number of rotatable bonds is 5. The molecule has 1 amide bonds. The maximum absolute atomic E-state index is 11.4. The van der Waals surface area contributed by atoms with Crippen LogP contribution in [0.5, 0.6) is 0 Å². The number of nitrogens with one attached hydrogen (secondary N) is 1. The number of benzene rings is 1. The number of hydrogen-bond acceptors (Lipinski definition) is 3. The van der Waals surface area contributed by atoms with Crippen LogP contribution in [-0.2, 0) is 11.3 Å². The van der Waals surface area contributed by atoms with Crippen LogP contribution in [0.2, 0.25) is 0 Å². The molecular weight excluding hydrogens is 240 g/mol. The lowest BCUT2D eigenvalue weighted by Gasteiger charge is -2.11. The molecule has 0 spiro atoms. The zero-order valence-electron chi connectivity index (χ0n) is 11.2. The highest BCUT2D eigenvalue weighted by molar-refractivity contribution is 5.77. The molecule has 1 aromatic heterocycles. The van der Waals surface area contributed by atoms with E-state index in [-0.39, 0.29) is 5.91 Å². The number of carbonyl (C=O) groups excluding carboxylic acids is 1. The Bertz CT molecular complexity index is 517. The quantitative estimate of drug-likeness (QED) is 0.872. The van der Waals surface area contributed by atoms with Crippen molar-refractivity contribution in [3.8, 4) is 5.69 Å². The summed E-state index contributed by atoms with van der Waals surface area (Å²) in [5, 5.41) is 7.30. The van der Waals surface area contributed by atoms with Crippen LogP contribution in [0.15, 0.2) is 42.7 Å². The van der Waals surface area contributed by atoms with Gasteiger partial charge in [-0.15, -0.1) is 0 Å². The monoisotopic (exact) mass is 258 g/mol. The number of hydrogen-bond donors (Lipinski definition) is 1. The molecule has 0 bridgehead atoms. The highest BCUT2D eigenvalue weighted by atomic mass is 16.2. The van der Waals surface area contributed by atoms with Gasteiger partial charge in [0.05, 0.1) is 12.2 Å². The van der Waals surface area contributed by atoms with E-state index in [1.165, 1.54) is 0 Å². The second-order valence-electron chi connectivity index (χ2n) is 4.51. The van der Waals surface area contributed by atoms with Crippen LogP contribution in [0.4, 0.5) is 0 Å². The first-order valence-corrected chi connectivity index (χ1v) is 6.16. The van der Waals surface area contributed by atoms with Gasteiger partial charge in [-0.3, -0.25) is 4.79 Å². The minimum atomic E-state index is 0.0770. The van der Waals surface area contributed by atoms with Crippen molar-refractivity contribution >= 4 is 5.91 Å². The van der Waals surface area contributed by atoms with E-state index in [4.69, 9.17) is 0 Å². The van der Waals surface area contributed by atoms with Crippen molar-refractivity contribution in [3.05, 3.63) is 48.3 Å². The summed E-state index contributed by atoms with van der Waals surface area (Å²) < 4.78 is 1.81. The molecule has 1 heterocycles. The molecule has 0 fully saturated rings. The van der Waals surface area contributed by atoms with E-state index in [9.17, 15) is 4.79 Å². The van der Waals surface area contributed by atoms with Crippen LogP contribution < -0.4 is 5.32 Å². The molecule has 0 aliphatic carbocycles. The van der Waals surface area contributed by atoms with Crippen molar-refractivity contribution in [1.82, 2.24) is 20.0 Å². The fraction of sp³-hybridized carbons (Fsp3) is 0.286. The lowest BCUT2D eigenvalue weighted by atomic mass is 10.2. The fourth-order valence-electron chi connectivity index (χ4n) is 1.66. The van der Waals surface area contributed by atoms with Crippen LogP contribution in [0.1, 0.15) is 5.56 Å². The topological polar surface area (TPSA) is 50.2 Å². The van der Waals surface area contributed by atoms with Crippen LogP contribution in [0, 0.1) is 0 Å². The van der Waals surface area contributed by atoms with Gasteiger partial charge in [-0.2, -0.15) is 5.10 Å². The Balaban J connectivity index is 1.87. The SMILES string of the molecule is CN(C)C(=O)CNCc1ccc(-n2cccn2)cc1. The number of aromatic nitrogens is 2. The minimum Gasteiger partial charge on any atom is -0.348 e. The average Bonchev–Trinajstić information content (AvgIpc) is 2.93. The Hall–Kier alpha value is -2.14. The fourth-order valence-corrected chi connectivity index (χ4v) is 1.66. The van der Waals surface area contributed by atoms with Gasteiger partial charge in [-0.1, -0.05) is 12.1 Å². The molecule has 1 aromatic carbocycles. The zero-order chi connectivity index (χ0) is 13.7. The normalized spacial score (nSPS) is 10.4. The van der Waals surface area contributed by atoms with Gasteiger partial charge in [0.15, 0.2) is 0 Å². The summed E-state index contributed by atoms with van der Waals surface area (Å²) in [5.74, 6) is 0.0770. The molecule has 0 unspecified atom stereocenters. The molecule has 5 heteroatoms. The second-order valence-corrected chi connectivity index (χ2v) is 4.51. The molecular formula is C14H18N4O. The Morgan fingerprint density at radius 3 is 2.63 bits per heavy atom. The lowest BCUT2D eigenvalue weighted by Crippen LogP contribution is -2.32. The van der Waals surface area contributed by atoms with Gasteiger partial charge in [-0.05, 0) is 23.8 Å². The molecule has 19 heavy (non-hydrogen) atoms. The second kappa shape index (κ2) is 6.15. The van der Waals surface area contributed by atoms with Gasteiger partial charge in [0.1, 0.15) is 0 Å². The number of carbonyl (C=O) groups is 1. The van der Waals surface area contributed by atoms with Gasteiger partial charge in [0, 0.05) is 33.0 Å². The van der Waals surface area contributed by atoms with E-state index in [1.54, 1.807) is 25.2 Å². The molecule has 0 aliphatic heterocycles. The van der Waals surface area contributed by atoms with Gasteiger partial charge >= 0.3 is 0 Å². The highest BCUT2D eigenvalue weighted by Gasteiger charge is 2.02. The van der Waals surface area contributed by atoms with Crippen LogP contribution in [0.3, 0.4) is 0 Å². The van der Waals surface area contributed by atoms with Crippen molar-refractivity contribution in [2.45, 2.75) is 6.54 Å². The predicted octanol–water partition coefficient (Wildman–Crippen LogP) is 1.05. The summed E-state index contributed by atoms with van der Waals surface area (Å²) in [6.45, 7) is 1.03. The van der Waals surface area contributed by atoms with Crippen molar-refractivity contribution in [1.29, 1.82) is 0 Å². The van der Waals surface area contributed by atoms with Crippen molar-refractivity contribution in [2.24, 2.45) is 0 Å². The van der Waals surface area contributed by atoms with E-state index >= 15 is 0 Å². The van der Waals surface area contributed by atoms with Crippen molar-refractivity contribution in [2.75, 3.05) is 20.6 Å². The first kappa shape index (κ1) is 13.3. The van der Waals surface area contributed by atoms with E-state index in [0.29, 0.717) is 13.1 Å². The number of nitrogens with zero attached hydrogens (tertiary/aromatic N) is 3. The van der Waals surface area contributed by atoms with E-state index < -0.39 is 0 Å². The van der Waals surface area contributed by atoms with E-state index in [1.807, 2.05) is 41.2 Å². The summed E-state index contributed by atoms with van der Waals surface area (Å²) in [5.41, 5.74) is 2.17. The molecule has 0 saturated carbocycles. The van der Waals surface area contributed by atoms with Crippen molar-refractivity contribution in [3.63, 3.8) is 0 Å². The predicted molar refractivity (Wildman–Crippen MR) is 74.0 cm³/mol. The maximum atomic E-state index is 11.4. The van der Waals surface area contributed by atoms with Gasteiger partial charge in [-0.25, -0.2) is 4.68 Å². The standard InChI is InChI=1S/C14H18N4O/c1-17(2)14(19)11-15-10-12-4-6-13(7-5-12)18-9-3-8-16-18/h3-9,15H,10-11H2,1-2H3. The first-order chi connectivity index (χ1) is 9.16. The Labute approximate surface area is 112 Å². The van der Waals surface area contributed by atoms with Crippen molar-refractivity contribution < 1.29 is 4.79 Å².